The van der Waals surface area contributed by atoms with Gasteiger partial charge in [-0.2, -0.15) is 0 Å². The average Bonchev–Trinajstić information content (AvgIpc) is 2.67. The molecule has 0 saturated carbocycles. The van der Waals surface area contributed by atoms with Gasteiger partial charge < -0.3 is 9.47 Å². The number of hydrogen-bond acceptors (Lipinski definition) is 4. The number of aromatic nitrogens is 2. The molecule has 0 aromatic carbocycles. The topological polar surface area (TPSA) is 73.3 Å². The Morgan fingerprint density at radius 1 is 1.56 bits per heavy atom. The van der Waals surface area contributed by atoms with E-state index in [-0.39, 0.29) is 12.3 Å². The summed E-state index contributed by atoms with van der Waals surface area (Å²) in [7, 11) is 1.61. The molecule has 2 heterocycles. The lowest BCUT2D eigenvalue weighted by atomic mass is 10.2. The molecular formula is C10H14N2O4. The molecule has 1 saturated heterocycles. The first kappa shape index (κ1) is 11.1. The van der Waals surface area contributed by atoms with Gasteiger partial charge in [0.05, 0.1) is 12.7 Å². The minimum absolute atomic E-state index is 0.0221. The lowest BCUT2D eigenvalue weighted by molar-refractivity contribution is -0.0335. The molecule has 1 aromatic rings. The Hall–Kier alpha value is -1.40. The molecular weight excluding hydrogens is 212 g/mol. The summed E-state index contributed by atoms with van der Waals surface area (Å²) in [5, 5.41) is 0. The van der Waals surface area contributed by atoms with Crippen molar-refractivity contribution in [1.82, 2.24) is 9.55 Å². The maximum atomic E-state index is 11.5. The molecule has 1 aromatic heterocycles. The summed E-state index contributed by atoms with van der Waals surface area (Å²) in [5.74, 6) is 0. The highest BCUT2D eigenvalue weighted by Gasteiger charge is 2.26. The van der Waals surface area contributed by atoms with Crippen LogP contribution < -0.4 is 11.2 Å². The molecule has 1 aliphatic heterocycles. The number of rotatable bonds is 3. The van der Waals surface area contributed by atoms with Gasteiger partial charge in [-0.3, -0.25) is 14.3 Å². The van der Waals surface area contributed by atoms with Gasteiger partial charge in [-0.1, -0.05) is 0 Å². The zero-order valence-corrected chi connectivity index (χ0v) is 9.01. The molecule has 0 aliphatic carbocycles. The van der Waals surface area contributed by atoms with Gasteiger partial charge in [0, 0.05) is 19.4 Å². The molecule has 88 valence electrons. The minimum Gasteiger partial charge on any atom is -0.382 e. The van der Waals surface area contributed by atoms with E-state index in [4.69, 9.17) is 9.47 Å². The van der Waals surface area contributed by atoms with Gasteiger partial charge in [0.1, 0.15) is 6.23 Å². The standard InChI is InChI=1S/C10H14N2O4/c1-15-6-7-2-3-9(16-7)12-5-4-8(13)11-10(12)14/h4-5,7,9H,2-3,6H2,1H3,(H,11,13,14)/t7-,9+/m0/s1. The fraction of sp³-hybridized carbons (Fsp3) is 0.600. The molecule has 2 atom stereocenters. The molecule has 0 unspecified atom stereocenters. The lowest BCUT2D eigenvalue weighted by Gasteiger charge is -2.14. The van der Waals surface area contributed by atoms with E-state index in [1.54, 1.807) is 7.11 Å². The highest BCUT2D eigenvalue weighted by atomic mass is 16.5. The Morgan fingerprint density at radius 2 is 2.38 bits per heavy atom. The predicted octanol–water partition coefficient (Wildman–Crippen LogP) is -0.139. The van der Waals surface area contributed by atoms with E-state index in [1.165, 1.54) is 16.8 Å². The Kier molecular flexibility index (Phi) is 3.21. The quantitative estimate of drug-likeness (QED) is 0.778. The normalized spacial score (nSPS) is 24.8. The Morgan fingerprint density at radius 3 is 3.06 bits per heavy atom. The lowest BCUT2D eigenvalue weighted by Crippen LogP contribution is -2.31. The zero-order valence-electron chi connectivity index (χ0n) is 9.01. The second-order valence-corrected chi connectivity index (χ2v) is 3.76. The molecule has 1 aliphatic rings. The summed E-state index contributed by atoms with van der Waals surface area (Å²) < 4.78 is 12.0. The third-order valence-corrected chi connectivity index (χ3v) is 2.60. The number of nitrogens with one attached hydrogen (secondary N) is 1. The van der Waals surface area contributed by atoms with Gasteiger partial charge in [0.2, 0.25) is 0 Å². The van der Waals surface area contributed by atoms with Crippen molar-refractivity contribution >= 4 is 0 Å². The fourth-order valence-corrected chi connectivity index (χ4v) is 1.85. The average molecular weight is 226 g/mol. The number of ether oxygens (including phenoxy) is 2. The van der Waals surface area contributed by atoms with Crippen molar-refractivity contribution in [1.29, 1.82) is 0 Å². The van der Waals surface area contributed by atoms with Crippen LogP contribution in [0.3, 0.4) is 0 Å². The van der Waals surface area contributed by atoms with Gasteiger partial charge >= 0.3 is 5.69 Å². The monoisotopic (exact) mass is 226 g/mol. The van der Waals surface area contributed by atoms with Gasteiger partial charge in [-0.05, 0) is 12.8 Å². The number of methoxy groups -OCH3 is 1. The predicted molar refractivity (Wildman–Crippen MR) is 56.3 cm³/mol. The molecule has 2 rings (SSSR count). The fourth-order valence-electron chi connectivity index (χ4n) is 1.85. The summed E-state index contributed by atoms with van der Waals surface area (Å²) in [5.41, 5.74) is -0.830. The summed E-state index contributed by atoms with van der Waals surface area (Å²) in [6.45, 7) is 0.522. The van der Waals surface area contributed by atoms with E-state index < -0.39 is 11.2 Å². The molecule has 0 bridgehead atoms. The van der Waals surface area contributed by atoms with Crippen LogP contribution >= 0.6 is 0 Å². The largest absolute Gasteiger partial charge is 0.382 e. The van der Waals surface area contributed by atoms with E-state index in [2.05, 4.69) is 4.98 Å². The SMILES string of the molecule is COC[C@@H]1CC[C@H](n2ccc(=O)[nH]c2=O)O1. The number of nitrogens with zero attached hydrogens (tertiary/aromatic N) is 1. The Labute approximate surface area is 91.8 Å². The third kappa shape index (κ3) is 2.23. The first-order chi connectivity index (χ1) is 7.70. The summed E-state index contributed by atoms with van der Waals surface area (Å²) in [6, 6.07) is 1.31. The Balaban J connectivity index is 2.14. The number of H-pyrrole nitrogens is 1. The second kappa shape index (κ2) is 4.63. The first-order valence-corrected chi connectivity index (χ1v) is 5.16. The Bertz CT molecular complexity index is 464. The van der Waals surface area contributed by atoms with E-state index in [1.807, 2.05) is 0 Å². The van der Waals surface area contributed by atoms with Crippen LogP contribution in [0.4, 0.5) is 0 Å². The van der Waals surface area contributed by atoms with Crippen LogP contribution in [-0.4, -0.2) is 29.4 Å². The van der Waals surface area contributed by atoms with Gasteiger partial charge in [-0.25, -0.2) is 4.79 Å². The van der Waals surface area contributed by atoms with Crippen molar-refractivity contribution in [2.24, 2.45) is 0 Å². The minimum atomic E-state index is -0.435. The van der Waals surface area contributed by atoms with Crippen molar-refractivity contribution in [3.05, 3.63) is 33.1 Å². The van der Waals surface area contributed by atoms with E-state index in [0.717, 1.165) is 12.8 Å². The molecule has 6 heteroatoms. The van der Waals surface area contributed by atoms with Crippen molar-refractivity contribution in [2.75, 3.05) is 13.7 Å². The zero-order chi connectivity index (χ0) is 11.5. The molecule has 1 N–H and O–H groups in total. The second-order valence-electron chi connectivity index (χ2n) is 3.76. The van der Waals surface area contributed by atoms with E-state index in [9.17, 15) is 9.59 Å². The van der Waals surface area contributed by atoms with Crippen LogP contribution in [0.2, 0.25) is 0 Å². The molecule has 0 spiro atoms. The van der Waals surface area contributed by atoms with Crippen molar-refractivity contribution in [2.45, 2.75) is 25.2 Å². The van der Waals surface area contributed by atoms with Crippen LogP contribution in [0.5, 0.6) is 0 Å². The summed E-state index contributed by atoms with van der Waals surface area (Å²) in [4.78, 5) is 24.6. The maximum Gasteiger partial charge on any atom is 0.330 e. The van der Waals surface area contributed by atoms with Gasteiger partial charge in [-0.15, -0.1) is 0 Å². The van der Waals surface area contributed by atoms with Crippen LogP contribution in [-0.2, 0) is 9.47 Å². The number of aromatic amines is 1. The first-order valence-electron chi connectivity index (χ1n) is 5.16. The summed E-state index contributed by atoms with van der Waals surface area (Å²) in [6.07, 6.45) is 2.78. The van der Waals surface area contributed by atoms with Gasteiger partial charge in [0.15, 0.2) is 0 Å². The highest BCUT2D eigenvalue weighted by Crippen LogP contribution is 2.26. The van der Waals surface area contributed by atoms with E-state index >= 15 is 0 Å². The van der Waals surface area contributed by atoms with Crippen LogP contribution in [0, 0.1) is 0 Å². The molecule has 0 amide bonds. The molecule has 0 radical (unpaired) electrons. The van der Waals surface area contributed by atoms with Crippen molar-refractivity contribution < 1.29 is 9.47 Å². The van der Waals surface area contributed by atoms with Gasteiger partial charge in [0.25, 0.3) is 5.56 Å². The molecule has 1 fully saturated rings. The highest BCUT2D eigenvalue weighted by molar-refractivity contribution is 4.85. The molecule has 6 nitrogen and oxygen atoms in total. The molecule has 16 heavy (non-hydrogen) atoms. The van der Waals surface area contributed by atoms with Crippen LogP contribution in [0.1, 0.15) is 19.1 Å². The van der Waals surface area contributed by atoms with Crippen molar-refractivity contribution in [3.63, 3.8) is 0 Å². The van der Waals surface area contributed by atoms with E-state index in [0.29, 0.717) is 6.61 Å². The third-order valence-electron chi connectivity index (χ3n) is 2.60. The van der Waals surface area contributed by atoms with Crippen molar-refractivity contribution in [3.8, 4) is 0 Å². The summed E-state index contributed by atoms with van der Waals surface area (Å²) >= 11 is 0. The smallest absolute Gasteiger partial charge is 0.330 e. The maximum absolute atomic E-state index is 11.5. The van der Waals surface area contributed by atoms with Crippen LogP contribution in [0.25, 0.3) is 0 Å². The number of hydrogen-bond donors (Lipinski definition) is 1. The van der Waals surface area contributed by atoms with Crippen LogP contribution in [0.15, 0.2) is 21.9 Å².